The summed E-state index contributed by atoms with van der Waals surface area (Å²) in [7, 11) is -1.01. The summed E-state index contributed by atoms with van der Waals surface area (Å²) in [5.74, 6) is -1.28. The first-order chi connectivity index (χ1) is 17.1. The number of ether oxygens (including phenoxy) is 2. The zero-order chi connectivity index (χ0) is 26.2. The Balaban J connectivity index is 1.95. The molecule has 1 unspecified atom stereocenters. The lowest BCUT2D eigenvalue weighted by Crippen LogP contribution is -2.29. The summed E-state index contributed by atoms with van der Waals surface area (Å²) in [5.41, 5.74) is 1.72. The fourth-order valence-electron chi connectivity index (χ4n) is 4.15. The number of aliphatic hydroxyl groups excluding tert-OH is 1. The summed E-state index contributed by atoms with van der Waals surface area (Å²) >= 11 is 0. The number of sulfonamides is 1. The number of anilines is 1. The first-order valence-corrected chi connectivity index (χ1v) is 12.3. The van der Waals surface area contributed by atoms with Gasteiger partial charge in [0.25, 0.3) is 11.7 Å². The highest BCUT2D eigenvalue weighted by molar-refractivity contribution is 7.89. The number of aliphatic hydroxyl groups is 1. The van der Waals surface area contributed by atoms with Gasteiger partial charge in [-0.3, -0.25) is 14.5 Å². The van der Waals surface area contributed by atoms with Gasteiger partial charge in [0.1, 0.15) is 17.3 Å². The number of aryl methyl sites for hydroxylation is 1. The lowest BCUT2D eigenvalue weighted by atomic mass is 9.94. The van der Waals surface area contributed by atoms with Gasteiger partial charge >= 0.3 is 0 Å². The molecule has 0 aliphatic carbocycles. The van der Waals surface area contributed by atoms with Crippen molar-refractivity contribution in [3.05, 3.63) is 89.0 Å². The van der Waals surface area contributed by atoms with Gasteiger partial charge in [-0.25, -0.2) is 13.6 Å². The second-order valence-corrected chi connectivity index (χ2v) is 9.75. The Bertz CT molecular complexity index is 1480. The predicted molar refractivity (Wildman–Crippen MR) is 133 cm³/mol. The molecule has 186 valence electrons. The van der Waals surface area contributed by atoms with Crippen LogP contribution in [0.1, 0.15) is 22.7 Å². The Kier molecular flexibility index (Phi) is 6.57. The molecule has 3 N–H and O–H groups in total. The van der Waals surface area contributed by atoms with E-state index in [4.69, 9.17) is 14.6 Å². The number of benzene rings is 3. The minimum absolute atomic E-state index is 0.135. The van der Waals surface area contributed by atoms with Crippen LogP contribution in [-0.4, -0.2) is 39.4 Å². The first kappa shape index (κ1) is 25.0. The Labute approximate surface area is 208 Å². The van der Waals surface area contributed by atoms with Crippen LogP contribution in [0.4, 0.5) is 5.69 Å². The fourth-order valence-corrected chi connectivity index (χ4v) is 4.66. The van der Waals surface area contributed by atoms with E-state index in [0.717, 1.165) is 5.56 Å². The van der Waals surface area contributed by atoms with E-state index in [-0.39, 0.29) is 21.7 Å². The third-order valence-electron chi connectivity index (χ3n) is 5.93. The van der Waals surface area contributed by atoms with Crippen LogP contribution in [0.25, 0.3) is 5.76 Å². The fraction of sp³-hybridized carbons (Fsp3) is 0.154. The van der Waals surface area contributed by atoms with Crippen molar-refractivity contribution in [2.75, 3.05) is 19.1 Å². The number of rotatable bonds is 6. The molecule has 1 aliphatic rings. The van der Waals surface area contributed by atoms with Gasteiger partial charge in [-0.05, 0) is 61.0 Å². The Hall–Kier alpha value is -4.15. The lowest BCUT2D eigenvalue weighted by Gasteiger charge is -2.26. The summed E-state index contributed by atoms with van der Waals surface area (Å²) in [6, 6.07) is 16.1. The number of hydrogen-bond acceptors (Lipinski definition) is 7. The topological polar surface area (TPSA) is 136 Å². The summed E-state index contributed by atoms with van der Waals surface area (Å²) in [5, 5.41) is 16.6. The second kappa shape index (κ2) is 9.48. The molecule has 1 fully saturated rings. The quantitative estimate of drug-likeness (QED) is 0.296. The van der Waals surface area contributed by atoms with E-state index in [9.17, 15) is 23.1 Å². The number of hydrogen-bond donors (Lipinski definition) is 2. The van der Waals surface area contributed by atoms with Gasteiger partial charge in [0.05, 0.1) is 36.3 Å². The lowest BCUT2D eigenvalue weighted by molar-refractivity contribution is -0.132. The van der Waals surface area contributed by atoms with Crippen LogP contribution >= 0.6 is 0 Å². The maximum atomic E-state index is 13.3. The second-order valence-electron chi connectivity index (χ2n) is 8.18. The Morgan fingerprint density at radius 3 is 2.14 bits per heavy atom. The van der Waals surface area contributed by atoms with Gasteiger partial charge in [-0.2, -0.15) is 0 Å². The molecule has 4 rings (SSSR count). The summed E-state index contributed by atoms with van der Waals surface area (Å²) in [6.45, 7) is 1.82. The van der Waals surface area contributed by atoms with Crippen LogP contribution in [0.2, 0.25) is 0 Å². The third kappa shape index (κ3) is 4.43. The van der Waals surface area contributed by atoms with E-state index in [1.165, 1.54) is 43.4 Å². The standard InChI is InChI=1S/C26H24N2O7S/c1-15-4-13-21(35-3)20(14-15)24(29)22-23(16-5-9-18(34-2)10-6-16)28(26(31)25(22)30)17-7-11-19(12-8-17)36(27,32)33/h4-14,23,29H,1-3H3,(H2,27,32,33)/b24-22+. The Morgan fingerprint density at radius 2 is 1.58 bits per heavy atom. The number of ketones is 1. The number of nitrogens with two attached hydrogens (primary N) is 1. The van der Waals surface area contributed by atoms with Crippen LogP contribution in [0.15, 0.2) is 77.2 Å². The molecule has 0 saturated carbocycles. The van der Waals surface area contributed by atoms with Gasteiger partial charge in [-0.15, -0.1) is 0 Å². The molecule has 1 heterocycles. The van der Waals surface area contributed by atoms with E-state index >= 15 is 0 Å². The summed E-state index contributed by atoms with van der Waals surface area (Å²) in [6.07, 6.45) is 0. The highest BCUT2D eigenvalue weighted by Crippen LogP contribution is 2.43. The highest BCUT2D eigenvalue weighted by atomic mass is 32.2. The molecule has 10 heteroatoms. The SMILES string of the molecule is COc1ccc(C2/C(=C(\O)c3cc(C)ccc3OC)C(=O)C(=O)N2c2ccc(S(N)(=O)=O)cc2)cc1. The minimum atomic E-state index is -3.96. The zero-order valence-corrected chi connectivity index (χ0v) is 20.6. The molecule has 0 aromatic heterocycles. The predicted octanol–water partition coefficient (Wildman–Crippen LogP) is 3.29. The molecule has 1 amide bonds. The molecule has 0 bridgehead atoms. The van der Waals surface area contributed by atoms with Crippen molar-refractivity contribution in [1.29, 1.82) is 0 Å². The van der Waals surface area contributed by atoms with E-state index in [0.29, 0.717) is 17.1 Å². The number of primary sulfonamides is 1. The molecule has 36 heavy (non-hydrogen) atoms. The number of Topliss-reactive ketones (excluding diaryl/α,β-unsaturated/α-hetero) is 1. The number of carbonyl (C=O) groups is 2. The third-order valence-corrected chi connectivity index (χ3v) is 6.86. The molecular formula is C26H24N2O7S. The molecule has 3 aromatic rings. The van der Waals surface area contributed by atoms with Crippen LogP contribution in [0, 0.1) is 6.92 Å². The van der Waals surface area contributed by atoms with Crippen LogP contribution in [0.3, 0.4) is 0 Å². The summed E-state index contributed by atoms with van der Waals surface area (Å²) in [4.78, 5) is 27.7. The molecule has 0 radical (unpaired) electrons. The zero-order valence-electron chi connectivity index (χ0n) is 19.8. The Morgan fingerprint density at radius 1 is 0.944 bits per heavy atom. The maximum Gasteiger partial charge on any atom is 0.300 e. The number of nitrogens with zero attached hydrogens (tertiary/aromatic N) is 1. The normalized spacial score (nSPS) is 17.3. The van der Waals surface area contributed by atoms with Gasteiger partial charge in [-0.1, -0.05) is 23.8 Å². The number of amides is 1. The van der Waals surface area contributed by atoms with Gasteiger partial charge in [0, 0.05) is 5.69 Å². The van der Waals surface area contributed by atoms with Gasteiger partial charge in [0.2, 0.25) is 10.0 Å². The molecular weight excluding hydrogens is 484 g/mol. The van der Waals surface area contributed by atoms with Crippen molar-refractivity contribution in [1.82, 2.24) is 0 Å². The number of methoxy groups -OCH3 is 2. The smallest absolute Gasteiger partial charge is 0.300 e. The van der Waals surface area contributed by atoms with E-state index in [1.54, 1.807) is 42.5 Å². The van der Waals surface area contributed by atoms with Crippen molar-refractivity contribution in [2.45, 2.75) is 17.9 Å². The maximum absolute atomic E-state index is 13.3. The van der Waals surface area contributed by atoms with E-state index in [1.807, 2.05) is 6.92 Å². The van der Waals surface area contributed by atoms with Crippen LogP contribution in [-0.2, 0) is 19.6 Å². The minimum Gasteiger partial charge on any atom is -0.507 e. The van der Waals surface area contributed by atoms with Crippen molar-refractivity contribution in [3.8, 4) is 11.5 Å². The van der Waals surface area contributed by atoms with Crippen LogP contribution in [0.5, 0.6) is 11.5 Å². The van der Waals surface area contributed by atoms with Crippen molar-refractivity contribution >= 4 is 33.2 Å². The largest absolute Gasteiger partial charge is 0.507 e. The van der Waals surface area contributed by atoms with Crippen LogP contribution < -0.4 is 19.5 Å². The molecule has 1 aliphatic heterocycles. The van der Waals surface area contributed by atoms with Crippen molar-refractivity contribution in [3.63, 3.8) is 0 Å². The average molecular weight is 509 g/mol. The van der Waals surface area contributed by atoms with Gasteiger partial charge in [0.15, 0.2) is 0 Å². The van der Waals surface area contributed by atoms with E-state index < -0.39 is 33.5 Å². The highest BCUT2D eigenvalue weighted by Gasteiger charge is 2.47. The van der Waals surface area contributed by atoms with E-state index in [2.05, 4.69) is 0 Å². The van der Waals surface area contributed by atoms with Crippen molar-refractivity contribution < 1.29 is 32.6 Å². The molecule has 9 nitrogen and oxygen atoms in total. The monoisotopic (exact) mass is 508 g/mol. The molecule has 0 spiro atoms. The summed E-state index contributed by atoms with van der Waals surface area (Å²) < 4.78 is 34.0. The first-order valence-electron chi connectivity index (χ1n) is 10.8. The molecule has 3 aromatic carbocycles. The van der Waals surface area contributed by atoms with Crippen molar-refractivity contribution in [2.24, 2.45) is 5.14 Å². The molecule has 1 atom stereocenters. The molecule has 1 saturated heterocycles. The van der Waals surface area contributed by atoms with Gasteiger partial charge < -0.3 is 14.6 Å². The average Bonchev–Trinajstić information content (AvgIpc) is 3.13. The number of carbonyl (C=O) groups excluding carboxylic acids is 2.